The Bertz CT molecular complexity index is 486. The zero-order valence-corrected chi connectivity index (χ0v) is 11.2. The summed E-state index contributed by atoms with van der Waals surface area (Å²) in [6, 6.07) is 10.1. The molecule has 0 aliphatic heterocycles. The third-order valence-electron chi connectivity index (χ3n) is 2.97. The standard InChI is InChI=1S/C15H18N2O2/c1-12(9-10-16)17(2)11-14-5-3-13(4-6-14)7-8-15(18)19/h3-8,12H,9,11H2,1-2H3,(H,18,19)/b8-7+. The van der Waals surface area contributed by atoms with Crippen LogP contribution in [0.15, 0.2) is 30.3 Å². The number of rotatable bonds is 6. The zero-order valence-electron chi connectivity index (χ0n) is 11.2. The molecule has 0 radical (unpaired) electrons. The van der Waals surface area contributed by atoms with Crippen LogP contribution in [0.4, 0.5) is 0 Å². The van der Waals surface area contributed by atoms with Gasteiger partial charge in [-0.1, -0.05) is 24.3 Å². The summed E-state index contributed by atoms with van der Waals surface area (Å²) in [5, 5.41) is 17.2. The van der Waals surface area contributed by atoms with Crippen LogP contribution in [0.3, 0.4) is 0 Å². The first-order valence-corrected chi connectivity index (χ1v) is 6.10. The zero-order chi connectivity index (χ0) is 14.3. The molecular weight excluding hydrogens is 240 g/mol. The van der Waals surface area contributed by atoms with Crippen molar-refractivity contribution in [3.05, 3.63) is 41.5 Å². The van der Waals surface area contributed by atoms with Crippen molar-refractivity contribution in [3.63, 3.8) is 0 Å². The fraction of sp³-hybridized carbons (Fsp3) is 0.333. The van der Waals surface area contributed by atoms with Crippen LogP contribution < -0.4 is 0 Å². The Morgan fingerprint density at radius 2 is 2.11 bits per heavy atom. The van der Waals surface area contributed by atoms with Crippen molar-refractivity contribution >= 4 is 12.0 Å². The maximum absolute atomic E-state index is 10.4. The predicted octanol–water partition coefficient (Wildman–Crippen LogP) is 2.52. The van der Waals surface area contributed by atoms with Gasteiger partial charge in [0, 0.05) is 18.7 Å². The lowest BCUT2D eigenvalue weighted by Crippen LogP contribution is -2.28. The molecule has 1 N–H and O–H groups in total. The minimum absolute atomic E-state index is 0.219. The van der Waals surface area contributed by atoms with Crippen molar-refractivity contribution in [3.8, 4) is 6.07 Å². The number of benzene rings is 1. The second kappa shape index (κ2) is 7.34. The second-order valence-electron chi connectivity index (χ2n) is 4.54. The van der Waals surface area contributed by atoms with E-state index in [1.807, 2.05) is 38.2 Å². The highest BCUT2D eigenvalue weighted by molar-refractivity contribution is 5.85. The van der Waals surface area contributed by atoms with E-state index >= 15 is 0 Å². The van der Waals surface area contributed by atoms with Gasteiger partial charge in [-0.05, 0) is 31.2 Å². The molecule has 1 aromatic carbocycles. The van der Waals surface area contributed by atoms with Gasteiger partial charge in [0.05, 0.1) is 12.5 Å². The summed E-state index contributed by atoms with van der Waals surface area (Å²) in [6.45, 7) is 2.79. The lowest BCUT2D eigenvalue weighted by atomic mass is 10.1. The van der Waals surface area contributed by atoms with E-state index in [2.05, 4.69) is 11.0 Å². The maximum Gasteiger partial charge on any atom is 0.328 e. The molecule has 4 nitrogen and oxygen atoms in total. The Morgan fingerprint density at radius 3 is 2.63 bits per heavy atom. The van der Waals surface area contributed by atoms with Gasteiger partial charge in [0.25, 0.3) is 0 Å². The number of aliphatic carboxylic acids is 1. The fourth-order valence-corrected chi connectivity index (χ4v) is 1.63. The monoisotopic (exact) mass is 258 g/mol. The Morgan fingerprint density at radius 1 is 1.47 bits per heavy atom. The molecule has 0 saturated carbocycles. The molecule has 0 bridgehead atoms. The summed E-state index contributed by atoms with van der Waals surface area (Å²) in [7, 11) is 1.99. The highest BCUT2D eigenvalue weighted by atomic mass is 16.4. The molecule has 0 aromatic heterocycles. The summed E-state index contributed by atoms with van der Waals surface area (Å²) in [4.78, 5) is 12.5. The Kier molecular flexibility index (Phi) is 5.77. The van der Waals surface area contributed by atoms with Crippen molar-refractivity contribution in [1.82, 2.24) is 4.90 Å². The molecule has 0 fully saturated rings. The molecule has 0 spiro atoms. The third kappa shape index (κ3) is 5.36. The lowest BCUT2D eigenvalue weighted by molar-refractivity contribution is -0.131. The van der Waals surface area contributed by atoms with Gasteiger partial charge >= 0.3 is 5.97 Å². The highest BCUT2D eigenvalue weighted by Crippen LogP contribution is 2.10. The number of carboxylic acids is 1. The molecule has 100 valence electrons. The fourth-order valence-electron chi connectivity index (χ4n) is 1.63. The largest absolute Gasteiger partial charge is 0.478 e. The van der Waals surface area contributed by atoms with Gasteiger partial charge in [-0.25, -0.2) is 4.79 Å². The summed E-state index contributed by atoms with van der Waals surface area (Å²) >= 11 is 0. The van der Waals surface area contributed by atoms with E-state index < -0.39 is 5.97 Å². The van der Waals surface area contributed by atoms with E-state index in [9.17, 15) is 4.79 Å². The molecular formula is C15H18N2O2. The quantitative estimate of drug-likeness (QED) is 0.796. The Labute approximate surface area is 113 Å². The second-order valence-corrected chi connectivity index (χ2v) is 4.54. The van der Waals surface area contributed by atoms with E-state index in [4.69, 9.17) is 10.4 Å². The van der Waals surface area contributed by atoms with Crippen LogP contribution in [-0.2, 0) is 11.3 Å². The Hall–Kier alpha value is -2.12. The van der Waals surface area contributed by atoms with E-state index in [-0.39, 0.29) is 6.04 Å². The smallest absolute Gasteiger partial charge is 0.328 e. The molecule has 1 atom stereocenters. The summed E-state index contributed by atoms with van der Waals surface area (Å²) in [6.07, 6.45) is 3.19. The van der Waals surface area contributed by atoms with Crippen LogP contribution in [0.5, 0.6) is 0 Å². The molecule has 4 heteroatoms. The number of nitriles is 1. The van der Waals surface area contributed by atoms with Crippen LogP contribution >= 0.6 is 0 Å². The predicted molar refractivity (Wildman–Crippen MR) is 74.3 cm³/mol. The molecule has 0 aliphatic carbocycles. The number of hydrogen-bond donors (Lipinski definition) is 1. The number of nitrogens with zero attached hydrogens (tertiary/aromatic N) is 2. The van der Waals surface area contributed by atoms with E-state index in [1.54, 1.807) is 6.08 Å². The summed E-state index contributed by atoms with van der Waals surface area (Å²) in [5.41, 5.74) is 2.00. The molecule has 1 rings (SSSR count). The maximum atomic E-state index is 10.4. The van der Waals surface area contributed by atoms with Gasteiger partial charge in [-0.3, -0.25) is 4.90 Å². The van der Waals surface area contributed by atoms with Gasteiger partial charge < -0.3 is 5.11 Å². The first-order valence-electron chi connectivity index (χ1n) is 6.10. The Balaban J connectivity index is 2.62. The lowest BCUT2D eigenvalue weighted by Gasteiger charge is -2.22. The molecule has 0 saturated heterocycles. The number of carboxylic acid groups (broad SMARTS) is 1. The van der Waals surface area contributed by atoms with Crippen molar-refractivity contribution in [1.29, 1.82) is 5.26 Å². The van der Waals surface area contributed by atoms with Crippen molar-refractivity contribution < 1.29 is 9.90 Å². The van der Waals surface area contributed by atoms with Crippen molar-refractivity contribution in [2.24, 2.45) is 0 Å². The van der Waals surface area contributed by atoms with E-state index in [0.717, 1.165) is 23.7 Å². The third-order valence-corrected chi connectivity index (χ3v) is 2.97. The normalized spacial score (nSPS) is 12.5. The van der Waals surface area contributed by atoms with Crippen molar-refractivity contribution in [2.75, 3.05) is 7.05 Å². The van der Waals surface area contributed by atoms with Gasteiger partial charge in [0.2, 0.25) is 0 Å². The van der Waals surface area contributed by atoms with Crippen LogP contribution in [0, 0.1) is 11.3 Å². The first-order chi connectivity index (χ1) is 9.02. The minimum Gasteiger partial charge on any atom is -0.478 e. The van der Waals surface area contributed by atoms with E-state index in [1.165, 1.54) is 0 Å². The van der Waals surface area contributed by atoms with Gasteiger partial charge in [-0.15, -0.1) is 0 Å². The average Bonchev–Trinajstić information content (AvgIpc) is 2.38. The topological polar surface area (TPSA) is 64.3 Å². The van der Waals surface area contributed by atoms with Crippen LogP contribution in [0.25, 0.3) is 6.08 Å². The molecule has 1 unspecified atom stereocenters. The number of hydrogen-bond acceptors (Lipinski definition) is 3. The summed E-state index contributed by atoms with van der Waals surface area (Å²) in [5.74, 6) is -0.950. The van der Waals surface area contributed by atoms with Gasteiger partial charge in [-0.2, -0.15) is 5.26 Å². The first kappa shape index (κ1) is 14.9. The van der Waals surface area contributed by atoms with Gasteiger partial charge in [0.15, 0.2) is 0 Å². The van der Waals surface area contributed by atoms with Crippen LogP contribution in [-0.4, -0.2) is 29.1 Å². The molecule has 19 heavy (non-hydrogen) atoms. The molecule has 0 amide bonds. The van der Waals surface area contributed by atoms with Crippen LogP contribution in [0.1, 0.15) is 24.5 Å². The average molecular weight is 258 g/mol. The van der Waals surface area contributed by atoms with E-state index in [0.29, 0.717) is 6.42 Å². The summed E-state index contributed by atoms with van der Waals surface area (Å²) < 4.78 is 0. The molecule has 1 aromatic rings. The molecule has 0 heterocycles. The SMILES string of the molecule is CC(CC#N)N(C)Cc1ccc(/C=C/C(=O)O)cc1. The highest BCUT2D eigenvalue weighted by Gasteiger charge is 2.08. The molecule has 0 aliphatic rings. The van der Waals surface area contributed by atoms with Gasteiger partial charge in [0.1, 0.15) is 0 Å². The number of carbonyl (C=O) groups is 1. The van der Waals surface area contributed by atoms with Crippen molar-refractivity contribution in [2.45, 2.75) is 25.9 Å². The minimum atomic E-state index is -0.950. The van der Waals surface area contributed by atoms with Crippen LogP contribution in [0.2, 0.25) is 0 Å².